The Morgan fingerprint density at radius 1 is 0.667 bits per heavy atom. The summed E-state index contributed by atoms with van der Waals surface area (Å²) >= 11 is 0. The molecule has 2 aliphatic rings. The number of nitrogens with zero attached hydrogens (tertiary/aromatic N) is 3. The first-order valence-corrected chi connectivity index (χ1v) is 8.93. The van der Waals surface area contributed by atoms with Crippen molar-refractivity contribution in [2.24, 2.45) is 10.2 Å². The molecule has 130 valence electrons. The zero-order valence-corrected chi connectivity index (χ0v) is 14.9. The number of hydrogen-bond donors (Lipinski definition) is 0. The average molecular weight is 349 g/mol. The first-order chi connectivity index (χ1) is 13.4. The lowest BCUT2D eigenvalue weighted by Gasteiger charge is -2.24. The lowest BCUT2D eigenvalue weighted by Crippen LogP contribution is -2.26. The van der Waals surface area contributed by atoms with Gasteiger partial charge in [0.1, 0.15) is 0 Å². The van der Waals surface area contributed by atoms with E-state index < -0.39 is 0 Å². The summed E-state index contributed by atoms with van der Waals surface area (Å²) in [6, 6.07) is 17.9. The van der Waals surface area contributed by atoms with E-state index in [2.05, 4.69) is 50.9 Å². The van der Waals surface area contributed by atoms with E-state index >= 15 is 0 Å². The molecule has 4 rings (SSSR count). The molecule has 0 heterocycles. The maximum Gasteiger partial charge on any atom is 0.0858 e. The average Bonchev–Trinajstić information content (AvgIpc) is 3.41. The number of allylic oxidation sites excluding steroid dienone is 2. The van der Waals surface area contributed by atoms with Crippen LogP contribution in [-0.2, 0) is 0 Å². The molecule has 0 fully saturated rings. The van der Waals surface area contributed by atoms with E-state index in [0.29, 0.717) is 0 Å². The molecule has 0 spiro atoms. The summed E-state index contributed by atoms with van der Waals surface area (Å²) in [7, 11) is 0. The predicted octanol–water partition coefficient (Wildman–Crippen LogP) is 6.21. The van der Waals surface area contributed by atoms with Gasteiger partial charge in [-0.1, -0.05) is 30.4 Å². The number of benzene rings is 2. The van der Waals surface area contributed by atoms with Crippen molar-refractivity contribution in [1.82, 2.24) is 0 Å². The summed E-state index contributed by atoms with van der Waals surface area (Å²) in [5.74, 6) is 0. The third-order valence-corrected chi connectivity index (χ3v) is 4.30. The molecule has 2 aromatic rings. The van der Waals surface area contributed by atoms with Crippen LogP contribution in [0.1, 0.15) is 0 Å². The molecule has 0 radical (unpaired) electrons. The van der Waals surface area contributed by atoms with E-state index in [4.69, 9.17) is 0 Å². The molecular formula is C24H19N3. The van der Waals surface area contributed by atoms with Crippen LogP contribution >= 0.6 is 0 Å². The summed E-state index contributed by atoms with van der Waals surface area (Å²) in [6.07, 6.45) is 12.2. The summed E-state index contributed by atoms with van der Waals surface area (Å²) in [4.78, 5) is 2.32. The molecule has 27 heavy (non-hydrogen) atoms. The SMILES string of the molecule is C1=CC=CC=1CN(CC1=C=CC=C1)c1ccc(N=Nc2ccccc2)cc1. The Balaban J connectivity index is 1.51. The molecule has 0 saturated carbocycles. The normalized spacial score (nSPS) is 14.2. The maximum atomic E-state index is 4.32. The van der Waals surface area contributed by atoms with Gasteiger partial charge in [0.25, 0.3) is 0 Å². The van der Waals surface area contributed by atoms with Gasteiger partial charge in [-0.15, -0.1) is 11.5 Å². The molecule has 3 heteroatoms. The highest BCUT2D eigenvalue weighted by atomic mass is 15.1. The molecule has 0 atom stereocenters. The van der Waals surface area contributed by atoms with E-state index in [1.807, 2.05) is 66.8 Å². The topological polar surface area (TPSA) is 28.0 Å². The highest BCUT2D eigenvalue weighted by molar-refractivity contribution is 5.56. The van der Waals surface area contributed by atoms with E-state index in [9.17, 15) is 0 Å². The minimum absolute atomic E-state index is 0.802. The molecule has 0 saturated heterocycles. The lowest BCUT2D eigenvalue weighted by molar-refractivity contribution is 0.919. The van der Waals surface area contributed by atoms with Crippen molar-refractivity contribution in [3.63, 3.8) is 0 Å². The summed E-state index contributed by atoms with van der Waals surface area (Å²) in [5.41, 5.74) is 11.7. The second-order valence-corrected chi connectivity index (χ2v) is 6.30. The summed E-state index contributed by atoms with van der Waals surface area (Å²) < 4.78 is 0. The number of azo groups is 1. The number of anilines is 1. The quantitative estimate of drug-likeness (QED) is 0.431. The van der Waals surface area contributed by atoms with Crippen LogP contribution < -0.4 is 4.90 Å². The highest BCUT2D eigenvalue weighted by Gasteiger charge is 2.11. The lowest BCUT2D eigenvalue weighted by atomic mass is 10.2. The van der Waals surface area contributed by atoms with Gasteiger partial charge in [0.05, 0.1) is 24.5 Å². The van der Waals surface area contributed by atoms with Gasteiger partial charge in [-0.2, -0.15) is 10.2 Å². The van der Waals surface area contributed by atoms with Gasteiger partial charge in [-0.25, -0.2) is 0 Å². The fraction of sp³-hybridized carbons (Fsp3) is 0.0833. The molecule has 2 aliphatic carbocycles. The Morgan fingerprint density at radius 2 is 1.22 bits per heavy atom. The van der Waals surface area contributed by atoms with Gasteiger partial charge < -0.3 is 4.90 Å². The number of rotatable bonds is 7. The van der Waals surface area contributed by atoms with Crippen LogP contribution in [0.3, 0.4) is 0 Å². The van der Waals surface area contributed by atoms with Crippen molar-refractivity contribution in [1.29, 1.82) is 0 Å². The molecule has 0 unspecified atom stereocenters. The van der Waals surface area contributed by atoms with Crippen LogP contribution in [0.2, 0.25) is 0 Å². The molecule has 0 aromatic heterocycles. The fourth-order valence-electron chi connectivity index (χ4n) is 2.92. The van der Waals surface area contributed by atoms with E-state index in [0.717, 1.165) is 30.2 Å². The van der Waals surface area contributed by atoms with Crippen molar-refractivity contribution in [3.05, 3.63) is 114 Å². The highest BCUT2D eigenvalue weighted by Crippen LogP contribution is 2.24. The smallest absolute Gasteiger partial charge is 0.0858 e. The zero-order chi connectivity index (χ0) is 18.3. The molecular weight excluding hydrogens is 330 g/mol. The van der Waals surface area contributed by atoms with Gasteiger partial charge in [-0.05, 0) is 60.7 Å². The Bertz CT molecular complexity index is 985. The van der Waals surface area contributed by atoms with Crippen molar-refractivity contribution < 1.29 is 0 Å². The molecule has 2 aromatic carbocycles. The van der Waals surface area contributed by atoms with E-state index in [1.54, 1.807) is 0 Å². The van der Waals surface area contributed by atoms with Crippen molar-refractivity contribution in [2.45, 2.75) is 0 Å². The summed E-state index contributed by atoms with van der Waals surface area (Å²) in [6.45, 7) is 1.60. The standard InChI is InChI=1S/C24H19N3/c1-2-12-22(13-3-1)25-26-23-14-16-24(17-15-23)27(18-20-8-4-5-9-20)19-21-10-6-7-11-21/h1-8,10,12-17H,18-19H2. The van der Waals surface area contributed by atoms with Crippen LogP contribution in [-0.4, -0.2) is 13.1 Å². The van der Waals surface area contributed by atoms with Gasteiger partial charge in [0.2, 0.25) is 0 Å². The zero-order valence-electron chi connectivity index (χ0n) is 14.9. The van der Waals surface area contributed by atoms with Crippen LogP contribution in [0.15, 0.2) is 124 Å². The predicted molar refractivity (Wildman–Crippen MR) is 111 cm³/mol. The number of hydrogen-bond acceptors (Lipinski definition) is 3. The van der Waals surface area contributed by atoms with Gasteiger partial charge in [-0.3, -0.25) is 0 Å². The third-order valence-electron chi connectivity index (χ3n) is 4.30. The van der Waals surface area contributed by atoms with Gasteiger partial charge >= 0.3 is 0 Å². The van der Waals surface area contributed by atoms with Crippen molar-refractivity contribution in [2.75, 3.05) is 18.0 Å². The Hall–Kier alpha value is -3.64. The van der Waals surface area contributed by atoms with Crippen LogP contribution in [0.4, 0.5) is 17.1 Å². The second kappa shape index (κ2) is 8.16. The fourth-order valence-corrected chi connectivity index (χ4v) is 2.92. The molecule has 3 nitrogen and oxygen atoms in total. The monoisotopic (exact) mass is 349 g/mol. The molecule has 0 N–H and O–H groups in total. The molecule has 0 aliphatic heterocycles. The molecule has 0 bridgehead atoms. The van der Waals surface area contributed by atoms with Gasteiger partial charge in [0, 0.05) is 16.8 Å². The van der Waals surface area contributed by atoms with E-state index in [1.165, 1.54) is 11.1 Å². The third kappa shape index (κ3) is 4.50. The summed E-state index contributed by atoms with van der Waals surface area (Å²) in [5, 5.41) is 8.60. The largest absolute Gasteiger partial charge is 0.362 e. The first-order valence-electron chi connectivity index (χ1n) is 8.93. The van der Waals surface area contributed by atoms with Crippen molar-refractivity contribution >= 4 is 17.1 Å². The van der Waals surface area contributed by atoms with Crippen LogP contribution in [0.5, 0.6) is 0 Å². The van der Waals surface area contributed by atoms with Crippen molar-refractivity contribution in [3.8, 4) is 0 Å². The minimum Gasteiger partial charge on any atom is -0.362 e. The minimum atomic E-state index is 0.802. The van der Waals surface area contributed by atoms with Gasteiger partial charge in [0.15, 0.2) is 0 Å². The Kier molecular flexibility index (Phi) is 5.08. The second-order valence-electron chi connectivity index (χ2n) is 6.30. The Morgan fingerprint density at radius 3 is 1.74 bits per heavy atom. The van der Waals surface area contributed by atoms with E-state index in [-0.39, 0.29) is 0 Å². The first kappa shape index (κ1) is 16.8. The van der Waals surface area contributed by atoms with Crippen LogP contribution in [0, 0.1) is 0 Å². The maximum absolute atomic E-state index is 4.32. The Labute approximate surface area is 159 Å². The molecule has 0 amide bonds. The van der Waals surface area contributed by atoms with Crippen LogP contribution in [0.25, 0.3) is 0 Å².